The van der Waals surface area contributed by atoms with Crippen LogP contribution >= 0.6 is 0 Å². The molecule has 0 aromatic heterocycles. The maximum atomic E-state index is 11.5. The third-order valence-electron chi connectivity index (χ3n) is 3.17. The molecule has 1 aliphatic carbocycles. The fourth-order valence-electron chi connectivity index (χ4n) is 1.93. The van der Waals surface area contributed by atoms with Gasteiger partial charge in [-0.2, -0.15) is 0 Å². The number of carbonyl (C=O) groups excluding carboxylic acids is 1. The van der Waals surface area contributed by atoms with Crippen LogP contribution in [0.15, 0.2) is 18.2 Å². The van der Waals surface area contributed by atoms with Gasteiger partial charge in [-0.25, -0.2) is 0 Å². The van der Waals surface area contributed by atoms with Crippen molar-refractivity contribution in [3.05, 3.63) is 23.8 Å². The van der Waals surface area contributed by atoms with E-state index in [2.05, 4.69) is 10.6 Å². The van der Waals surface area contributed by atoms with E-state index in [1.165, 1.54) is 0 Å². The Morgan fingerprint density at radius 1 is 1.45 bits per heavy atom. The minimum Gasteiger partial charge on any atom is -0.504 e. The van der Waals surface area contributed by atoms with Gasteiger partial charge in [0.05, 0.1) is 6.61 Å². The van der Waals surface area contributed by atoms with Crippen LogP contribution in [-0.4, -0.2) is 30.2 Å². The molecule has 0 heterocycles. The molecule has 1 amide bonds. The fraction of sp³-hybridized carbons (Fsp3) is 0.533. The number of nitrogens with one attached hydrogen (secondary N) is 2. The minimum atomic E-state index is 0.0901. The van der Waals surface area contributed by atoms with Gasteiger partial charge in [-0.15, -0.1) is 0 Å². The van der Waals surface area contributed by atoms with E-state index in [1.807, 2.05) is 19.1 Å². The Balaban J connectivity index is 1.72. The molecule has 0 unspecified atom stereocenters. The van der Waals surface area contributed by atoms with Crippen LogP contribution in [0.1, 0.15) is 31.7 Å². The van der Waals surface area contributed by atoms with Crippen molar-refractivity contribution in [3.8, 4) is 11.5 Å². The predicted molar refractivity (Wildman–Crippen MR) is 76.8 cm³/mol. The summed E-state index contributed by atoms with van der Waals surface area (Å²) in [5, 5.41) is 16.1. The van der Waals surface area contributed by atoms with Crippen LogP contribution in [0.3, 0.4) is 0 Å². The zero-order valence-electron chi connectivity index (χ0n) is 11.8. The molecule has 1 fully saturated rings. The lowest BCUT2D eigenvalue weighted by molar-refractivity contribution is -0.121. The fourth-order valence-corrected chi connectivity index (χ4v) is 1.93. The van der Waals surface area contributed by atoms with E-state index in [-0.39, 0.29) is 11.7 Å². The van der Waals surface area contributed by atoms with Crippen molar-refractivity contribution in [2.45, 2.75) is 38.8 Å². The average molecular weight is 278 g/mol. The second-order valence-corrected chi connectivity index (χ2v) is 4.97. The number of ether oxygens (including phenoxy) is 1. The lowest BCUT2D eigenvalue weighted by atomic mass is 10.2. The number of para-hydroxylation sites is 1. The van der Waals surface area contributed by atoms with Crippen molar-refractivity contribution in [1.29, 1.82) is 0 Å². The molecule has 5 nitrogen and oxygen atoms in total. The van der Waals surface area contributed by atoms with Gasteiger partial charge in [-0.05, 0) is 25.8 Å². The SMILES string of the molecule is CCOc1cccc(CNCCC(=O)NC2CC2)c1O. The van der Waals surface area contributed by atoms with Crippen LogP contribution in [0.25, 0.3) is 0 Å². The maximum absolute atomic E-state index is 11.5. The van der Waals surface area contributed by atoms with Gasteiger partial charge in [0, 0.05) is 31.1 Å². The first kappa shape index (κ1) is 14.7. The number of rotatable bonds is 8. The number of amides is 1. The first-order valence-electron chi connectivity index (χ1n) is 7.14. The molecule has 110 valence electrons. The molecule has 0 spiro atoms. The molecular weight excluding hydrogens is 256 g/mol. The van der Waals surface area contributed by atoms with Crippen LogP contribution in [0.5, 0.6) is 11.5 Å². The van der Waals surface area contributed by atoms with E-state index in [1.54, 1.807) is 6.07 Å². The van der Waals surface area contributed by atoms with Crippen LogP contribution in [0.4, 0.5) is 0 Å². The van der Waals surface area contributed by atoms with Crippen LogP contribution < -0.4 is 15.4 Å². The average Bonchev–Trinajstić information content (AvgIpc) is 3.23. The van der Waals surface area contributed by atoms with Crippen LogP contribution in [0, 0.1) is 0 Å². The summed E-state index contributed by atoms with van der Waals surface area (Å²) in [4.78, 5) is 11.5. The molecule has 20 heavy (non-hydrogen) atoms. The molecule has 1 aromatic rings. The summed E-state index contributed by atoms with van der Waals surface area (Å²) >= 11 is 0. The molecule has 1 aromatic carbocycles. The number of phenolic OH excluding ortho intramolecular Hbond substituents is 1. The van der Waals surface area contributed by atoms with E-state index in [4.69, 9.17) is 4.74 Å². The summed E-state index contributed by atoms with van der Waals surface area (Å²) in [5.74, 6) is 0.759. The van der Waals surface area contributed by atoms with Gasteiger partial charge in [0.15, 0.2) is 11.5 Å². The van der Waals surface area contributed by atoms with Crippen molar-refractivity contribution in [2.75, 3.05) is 13.2 Å². The first-order valence-corrected chi connectivity index (χ1v) is 7.14. The smallest absolute Gasteiger partial charge is 0.221 e. The molecular formula is C15H22N2O3. The summed E-state index contributed by atoms with van der Waals surface area (Å²) in [6.07, 6.45) is 2.68. The highest BCUT2D eigenvalue weighted by molar-refractivity contribution is 5.76. The van der Waals surface area contributed by atoms with Gasteiger partial charge in [0.1, 0.15) is 0 Å². The van der Waals surface area contributed by atoms with Gasteiger partial charge < -0.3 is 20.5 Å². The summed E-state index contributed by atoms with van der Waals surface area (Å²) in [6, 6.07) is 5.84. The molecule has 1 saturated carbocycles. The van der Waals surface area contributed by atoms with E-state index >= 15 is 0 Å². The quantitative estimate of drug-likeness (QED) is 0.631. The van der Waals surface area contributed by atoms with Gasteiger partial charge in [-0.1, -0.05) is 12.1 Å². The standard InChI is InChI=1S/C15H22N2O3/c1-2-20-13-5-3-4-11(15(13)19)10-16-9-8-14(18)17-12-6-7-12/h3-5,12,16,19H,2,6-10H2,1H3,(H,17,18). The Labute approximate surface area is 119 Å². The van der Waals surface area contributed by atoms with Crippen molar-refractivity contribution < 1.29 is 14.6 Å². The normalized spacial score (nSPS) is 14.1. The highest BCUT2D eigenvalue weighted by Crippen LogP contribution is 2.29. The molecule has 0 radical (unpaired) electrons. The lowest BCUT2D eigenvalue weighted by Gasteiger charge is -2.11. The van der Waals surface area contributed by atoms with Gasteiger partial charge >= 0.3 is 0 Å². The molecule has 5 heteroatoms. The molecule has 1 aliphatic rings. The maximum Gasteiger partial charge on any atom is 0.221 e. The number of aromatic hydroxyl groups is 1. The highest BCUT2D eigenvalue weighted by Gasteiger charge is 2.22. The molecule has 0 saturated heterocycles. The Morgan fingerprint density at radius 3 is 2.95 bits per heavy atom. The van der Waals surface area contributed by atoms with Crippen molar-refractivity contribution in [2.24, 2.45) is 0 Å². The number of carbonyl (C=O) groups is 1. The number of hydrogen-bond acceptors (Lipinski definition) is 4. The Morgan fingerprint density at radius 2 is 2.25 bits per heavy atom. The number of hydrogen-bond donors (Lipinski definition) is 3. The van der Waals surface area contributed by atoms with E-state index in [9.17, 15) is 9.90 Å². The third kappa shape index (κ3) is 4.42. The second kappa shape index (κ2) is 7.14. The predicted octanol–water partition coefficient (Wildman–Crippen LogP) is 1.55. The summed E-state index contributed by atoms with van der Waals surface area (Å²) in [6.45, 7) is 3.51. The Hall–Kier alpha value is -1.75. The molecule has 0 atom stereocenters. The number of phenols is 1. The van der Waals surface area contributed by atoms with Gasteiger partial charge in [0.2, 0.25) is 5.91 Å². The van der Waals surface area contributed by atoms with Gasteiger partial charge in [-0.3, -0.25) is 4.79 Å². The monoisotopic (exact) mass is 278 g/mol. The Bertz CT molecular complexity index is 458. The molecule has 3 N–H and O–H groups in total. The summed E-state index contributed by atoms with van der Waals surface area (Å²) in [7, 11) is 0. The largest absolute Gasteiger partial charge is 0.504 e. The molecule has 2 rings (SSSR count). The lowest BCUT2D eigenvalue weighted by Crippen LogP contribution is -2.29. The third-order valence-corrected chi connectivity index (χ3v) is 3.17. The Kier molecular flexibility index (Phi) is 5.24. The summed E-state index contributed by atoms with van der Waals surface area (Å²) < 4.78 is 5.33. The second-order valence-electron chi connectivity index (χ2n) is 4.97. The first-order chi connectivity index (χ1) is 9.70. The molecule has 0 bridgehead atoms. The van der Waals surface area contributed by atoms with E-state index < -0.39 is 0 Å². The zero-order chi connectivity index (χ0) is 14.4. The van der Waals surface area contributed by atoms with Crippen molar-refractivity contribution in [1.82, 2.24) is 10.6 Å². The van der Waals surface area contributed by atoms with Crippen molar-refractivity contribution >= 4 is 5.91 Å². The van der Waals surface area contributed by atoms with Crippen LogP contribution in [0.2, 0.25) is 0 Å². The van der Waals surface area contributed by atoms with E-state index in [0.29, 0.717) is 37.9 Å². The number of benzene rings is 1. The zero-order valence-corrected chi connectivity index (χ0v) is 11.8. The van der Waals surface area contributed by atoms with Crippen molar-refractivity contribution in [3.63, 3.8) is 0 Å². The summed E-state index contributed by atoms with van der Waals surface area (Å²) in [5.41, 5.74) is 0.776. The molecule has 0 aliphatic heterocycles. The van der Waals surface area contributed by atoms with Gasteiger partial charge in [0.25, 0.3) is 0 Å². The topological polar surface area (TPSA) is 70.6 Å². The minimum absolute atomic E-state index is 0.0901. The van der Waals surface area contributed by atoms with Crippen LogP contribution in [-0.2, 0) is 11.3 Å². The van der Waals surface area contributed by atoms with E-state index in [0.717, 1.165) is 18.4 Å². The highest BCUT2D eigenvalue weighted by atomic mass is 16.5.